The number of ether oxygens (including phenoxy) is 1. The molecule has 5 heteroatoms. The number of carboxylic acid groups (broad SMARTS) is 1. The van der Waals surface area contributed by atoms with Crippen molar-refractivity contribution in [2.24, 2.45) is 0 Å². The van der Waals surface area contributed by atoms with E-state index in [0.29, 0.717) is 6.61 Å². The topological polar surface area (TPSA) is 68.5 Å². The summed E-state index contributed by atoms with van der Waals surface area (Å²) in [7, 11) is 0. The molecule has 0 saturated carbocycles. The van der Waals surface area contributed by atoms with Crippen LogP contribution in [0.4, 0.5) is 0 Å². The van der Waals surface area contributed by atoms with Crippen molar-refractivity contribution in [3.8, 4) is 0 Å². The van der Waals surface area contributed by atoms with Crippen LogP contribution in [0.5, 0.6) is 0 Å². The number of aryl methyl sites for hydroxylation is 1. The zero-order valence-corrected chi connectivity index (χ0v) is 10.4. The second-order valence-electron chi connectivity index (χ2n) is 4.39. The number of hydrogen-bond donors (Lipinski definition) is 1. The Morgan fingerprint density at radius 2 is 2.28 bits per heavy atom. The summed E-state index contributed by atoms with van der Waals surface area (Å²) >= 11 is 0. The van der Waals surface area contributed by atoms with Crippen LogP contribution in [-0.2, 0) is 28.9 Å². The zero-order valence-electron chi connectivity index (χ0n) is 10.4. The lowest BCUT2D eigenvalue weighted by molar-refractivity contribution is -0.151. The minimum Gasteiger partial charge on any atom is -0.479 e. The number of nitrogens with zero attached hydrogens (tertiary/aromatic N) is 1. The molecule has 0 fully saturated rings. The van der Waals surface area contributed by atoms with Crippen LogP contribution in [0, 0.1) is 0 Å². The summed E-state index contributed by atoms with van der Waals surface area (Å²) in [6.07, 6.45) is 1.86. The molecular weight excluding hydrogens is 234 g/mol. The SMILES string of the molecule is CCOC(Cn1c2c(ccc1=O)CCC2)C(=O)O. The van der Waals surface area contributed by atoms with Crippen LogP contribution in [-0.4, -0.2) is 28.4 Å². The van der Waals surface area contributed by atoms with Gasteiger partial charge in [-0.05, 0) is 31.7 Å². The van der Waals surface area contributed by atoms with Gasteiger partial charge in [0.2, 0.25) is 0 Å². The fourth-order valence-corrected chi connectivity index (χ4v) is 2.40. The van der Waals surface area contributed by atoms with Gasteiger partial charge in [-0.25, -0.2) is 4.79 Å². The van der Waals surface area contributed by atoms with E-state index in [2.05, 4.69) is 0 Å². The second-order valence-corrected chi connectivity index (χ2v) is 4.39. The van der Waals surface area contributed by atoms with Crippen molar-refractivity contribution in [3.05, 3.63) is 33.7 Å². The molecule has 5 nitrogen and oxygen atoms in total. The zero-order chi connectivity index (χ0) is 13.1. The van der Waals surface area contributed by atoms with E-state index in [1.54, 1.807) is 11.5 Å². The van der Waals surface area contributed by atoms with E-state index >= 15 is 0 Å². The Morgan fingerprint density at radius 3 is 2.94 bits per heavy atom. The van der Waals surface area contributed by atoms with E-state index in [-0.39, 0.29) is 12.1 Å². The van der Waals surface area contributed by atoms with Gasteiger partial charge in [0.25, 0.3) is 5.56 Å². The molecule has 98 valence electrons. The molecule has 0 radical (unpaired) electrons. The Morgan fingerprint density at radius 1 is 1.50 bits per heavy atom. The molecular formula is C13H17NO4. The van der Waals surface area contributed by atoms with E-state index in [1.807, 2.05) is 6.07 Å². The fourth-order valence-electron chi connectivity index (χ4n) is 2.40. The van der Waals surface area contributed by atoms with Crippen LogP contribution in [0.2, 0.25) is 0 Å². The molecule has 1 N–H and O–H groups in total. The highest BCUT2D eigenvalue weighted by atomic mass is 16.5. The fraction of sp³-hybridized carbons (Fsp3) is 0.538. The summed E-state index contributed by atoms with van der Waals surface area (Å²) < 4.78 is 6.72. The number of carbonyl (C=O) groups is 1. The van der Waals surface area contributed by atoms with E-state index in [9.17, 15) is 9.59 Å². The lowest BCUT2D eigenvalue weighted by Crippen LogP contribution is -2.35. The number of hydrogen-bond acceptors (Lipinski definition) is 3. The van der Waals surface area contributed by atoms with Gasteiger partial charge in [-0.15, -0.1) is 0 Å². The molecule has 1 aliphatic carbocycles. The molecule has 1 aliphatic rings. The first-order valence-electron chi connectivity index (χ1n) is 6.19. The maximum atomic E-state index is 11.9. The minimum atomic E-state index is -1.03. The number of fused-ring (bicyclic) bond motifs is 1. The van der Waals surface area contributed by atoms with Crippen LogP contribution < -0.4 is 5.56 Å². The number of aromatic nitrogens is 1. The number of aliphatic carboxylic acids is 1. The molecule has 0 spiro atoms. The van der Waals surface area contributed by atoms with Crippen molar-refractivity contribution in [2.75, 3.05) is 6.61 Å². The van der Waals surface area contributed by atoms with Gasteiger partial charge in [0.15, 0.2) is 6.10 Å². The van der Waals surface area contributed by atoms with Crippen molar-refractivity contribution in [3.63, 3.8) is 0 Å². The average Bonchev–Trinajstić information content (AvgIpc) is 2.79. The second kappa shape index (κ2) is 5.35. The van der Waals surface area contributed by atoms with Gasteiger partial charge in [-0.2, -0.15) is 0 Å². The monoisotopic (exact) mass is 251 g/mol. The summed E-state index contributed by atoms with van der Waals surface area (Å²) in [5.74, 6) is -1.03. The Kier molecular flexibility index (Phi) is 3.81. The Labute approximate surface area is 105 Å². The van der Waals surface area contributed by atoms with Gasteiger partial charge in [-0.3, -0.25) is 4.79 Å². The third kappa shape index (κ3) is 2.46. The highest BCUT2D eigenvalue weighted by Gasteiger charge is 2.22. The molecule has 0 saturated heterocycles. The lowest BCUT2D eigenvalue weighted by Gasteiger charge is -2.17. The molecule has 1 atom stereocenters. The van der Waals surface area contributed by atoms with Gasteiger partial charge in [0.05, 0.1) is 6.54 Å². The Balaban J connectivity index is 2.31. The van der Waals surface area contributed by atoms with Crippen LogP contribution in [0.1, 0.15) is 24.6 Å². The molecule has 1 aromatic heterocycles. The van der Waals surface area contributed by atoms with Crippen LogP contribution in [0.3, 0.4) is 0 Å². The highest BCUT2D eigenvalue weighted by Crippen LogP contribution is 2.20. The van der Waals surface area contributed by atoms with Crippen molar-refractivity contribution in [2.45, 2.75) is 38.8 Å². The first kappa shape index (κ1) is 12.8. The van der Waals surface area contributed by atoms with E-state index < -0.39 is 12.1 Å². The van der Waals surface area contributed by atoms with Crippen LogP contribution in [0.25, 0.3) is 0 Å². The predicted octanol–water partition coefficient (Wildman–Crippen LogP) is 0.827. The third-order valence-corrected chi connectivity index (χ3v) is 3.24. The van der Waals surface area contributed by atoms with Crippen molar-refractivity contribution >= 4 is 5.97 Å². The average molecular weight is 251 g/mol. The van der Waals surface area contributed by atoms with Gasteiger partial charge in [-0.1, -0.05) is 6.07 Å². The molecule has 1 aromatic rings. The van der Waals surface area contributed by atoms with Crippen molar-refractivity contribution in [1.29, 1.82) is 0 Å². The molecule has 0 aromatic carbocycles. The van der Waals surface area contributed by atoms with Crippen molar-refractivity contribution < 1.29 is 14.6 Å². The van der Waals surface area contributed by atoms with E-state index in [4.69, 9.17) is 9.84 Å². The third-order valence-electron chi connectivity index (χ3n) is 3.24. The molecule has 2 rings (SSSR count). The number of pyridine rings is 1. The maximum Gasteiger partial charge on any atom is 0.334 e. The first-order valence-corrected chi connectivity index (χ1v) is 6.19. The minimum absolute atomic E-state index is 0.0885. The molecule has 1 heterocycles. The molecule has 0 aliphatic heterocycles. The standard InChI is InChI=1S/C13H17NO4/c1-2-18-11(13(16)17)8-14-10-5-3-4-9(10)6-7-12(14)15/h6-7,11H,2-5,8H2,1H3,(H,16,17). The predicted molar refractivity (Wildman–Crippen MR) is 65.8 cm³/mol. The largest absolute Gasteiger partial charge is 0.479 e. The normalized spacial score (nSPS) is 15.4. The maximum absolute atomic E-state index is 11.9. The summed E-state index contributed by atoms with van der Waals surface area (Å²) in [6.45, 7) is 2.15. The quantitative estimate of drug-likeness (QED) is 0.841. The highest BCUT2D eigenvalue weighted by molar-refractivity contribution is 5.72. The summed E-state index contributed by atoms with van der Waals surface area (Å²) in [5.41, 5.74) is 1.96. The summed E-state index contributed by atoms with van der Waals surface area (Å²) in [4.78, 5) is 22.9. The summed E-state index contributed by atoms with van der Waals surface area (Å²) in [6, 6.07) is 3.35. The van der Waals surface area contributed by atoms with Crippen molar-refractivity contribution in [1.82, 2.24) is 4.57 Å². The number of rotatable bonds is 5. The molecule has 1 unspecified atom stereocenters. The lowest BCUT2D eigenvalue weighted by atomic mass is 10.2. The van der Waals surface area contributed by atoms with Gasteiger partial charge in [0.1, 0.15) is 0 Å². The van der Waals surface area contributed by atoms with E-state index in [1.165, 1.54) is 6.07 Å². The molecule has 0 bridgehead atoms. The van der Waals surface area contributed by atoms with Crippen LogP contribution in [0.15, 0.2) is 16.9 Å². The van der Waals surface area contributed by atoms with Gasteiger partial charge < -0.3 is 14.4 Å². The van der Waals surface area contributed by atoms with E-state index in [0.717, 1.165) is 30.5 Å². The first-order chi connectivity index (χ1) is 8.63. The van der Waals surface area contributed by atoms with Gasteiger partial charge >= 0.3 is 5.97 Å². The Bertz CT molecular complexity index is 506. The number of carboxylic acids is 1. The molecule has 18 heavy (non-hydrogen) atoms. The van der Waals surface area contributed by atoms with Gasteiger partial charge in [0, 0.05) is 18.4 Å². The smallest absolute Gasteiger partial charge is 0.334 e. The summed E-state index contributed by atoms with van der Waals surface area (Å²) in [5, 5.41) is 9.06. The van der Waals surface area contributed by atoms with Crippen LogP contribution >= 0.6 is 0 Å². The Hall–Kier alpha value is -1.62. The molecule has 0 amide bonds.